The van der Waals surface area contributed by atoms with Crippen LogP contribution in [-0.4, -0.2) is 0 Å². The maximum absolute atomic E-state index is 2.42. The molecule has 120 valence electrons. The van der Waals surface area contributed by atoms with Crippen LogP contribution in [0.3, 0.4) is 0 Å². The summed E-state index contributed by atoms with van der Waals surface area (Å²) >= 11 is 0. The molecule has 2 aliphatic carbocycles. The number of hydrogen-bond acceptors (Lipinski definition) is 0. The standard InChI is InChI=1S/C24H24/c1-3-19-17-24(20-12-5-4-6-13-20,22-15-9-7-11-18(22)2)23-16-10-8-14-21(19)23/h3-12,14-16,20H,13,17H2,1-2H3/b19-3+. The largest absolute Gasteiger partial charge is 0.0839 e. The summed E-state index contributed by atoms with van der Waals surface area (Å²) in [6, 6.07) is 18.0. The highest BCUT2D eigenvalue weighted by Crippen LogP contribution is 2.56. The van der Waals surface area contributed by atoms with Crippen LogP contribution in [0, 0.1) is 12.8 Å². The summed E-state index contributed by atoms with van der Waals surface area (Å²) in [5, 5.41) is 0. The zero-order valence-electron chi connectivity index (χ0n) is 14.5. The van der Waals surface area contributed by atoms with E-state index < -0.39 is 0 Å². The summed E-state index contributed by atoms with van der Waals surface area (Å²) in [7, 11) is 0. The number of allylic oxidation sites excluding steroid dienone is 6. The molecular formula is C24H24. The Bertz CT molecular complexity index is 850. The second-order valence-corrected chi connectivity index (χ2v) is 6.98. The van der Waals surface area contributed by atoms with Gasteiger partial charge in [0.1, 0.15) is 0 Å². The van der Waals surface area contributed by atoms with Gasteiger partial charge in [-0.25, -0.2) is 0 Å². The van der Waals surface area contributed by atoms with Gasteiger partial charge in [-0.05, 0) is 60.4 Å². The quantitative estimate of drug-likeness (QED) is 0.617. The Morgan fingerprint density at radius 3 is 2.42 bits per heavy atom. The van der Waals surface area contributed by atoms with E-state index in [9.17, 15) is 0 Å². The van der Waals surface area contributed by atoms with Crippen molar-refractivity contribution in [2.45, 2.75) is 32.1 Å². The zero-order chi connectivity index (χ0) is 16.6. The molecule has 2 atom stereocenters. The highest BCUT2D eigenvalue weighted by molar-refractivity contribution is 5.78. The van der Waals surface area contributed by atoms with Crippen molar-refractivity contribution in [2.24, 2.45) is 5.92 Å². The Hall–Kier alpha value is -2.34. The number of rotatable bonds is 2. The minimum Gasteiger partial charge on any atom is -0.0839 e. The third-order valence-electron chi connectivity index (χ3n) is 5.81. The fourth-order valence-corrected chi connectivity index (χ4v) is 4.69. The van der Waals surface area contributed by atoms with Crippen LogP contribution in [0.4, 0.5) is 0 Å². The fraction of sp³-hybridized carbons (Fsp3) is 0.250. The van der Waals surface area contributed by atoms with Gasteiger partial charge in [0.25, 0.3) is 0 Å². The molecule has 2 aromatic rings. The molecule has 0 nitrogen and oxygen atoms in total. The molecule has 2 aliphatic rings. The van der Waals surface area contributed by atoms with Crippen LogP contribution in [0.15, 0.2) is 78.9 Å². The first-order chi connectivity index (χ1) is 11.8. The maximum atomic E-state index is 2.42. The van der Waals surface area contributed by atoms with E-state index in [1.807, 2.05) is 0 Å². The van der Waals surface area contributed by atoms with Gasteiger partial charge in [0, 0.05) is 5.41 Å². The molecule has 4 rings (SSSR count). The maximum Gasteiger partial charge on any atom is 0.0317 e. The molecule has 0 bridgehead atoms. The Labute approximate surface area is 145 Å². The van der Waals surface area contributed by atoms with Crippen LogP contribution in [0.25, 0.3) is 5.57 Å². The van der Waals surface area contributed by atoms with E-state index in [4.69, 9.17) is 0 Å². The molecule has 0 amide bonds. The highest BCUT2D eigenvalue weighted by Gasteiger charge is 2.47. The van der Waals surface area contributed by atoms with E-state index in [2.05, 4.69) is 92.8 Å². The highest BCUT2D eigenvalue weighted by atomic mass is 14.5. The molecule has 0 radical (unpaired) electrons. The summed E-state index contributed by atoms with van der Waals surface area (Å²) in [4.78, 5) is 0. The van der Waals surface area contributed by atoms with Crippen LogP contribution in [-0.2, 0) is 5.41 Å². The molecule has 0 saturated carbocycles. The van der Waals surface area contributed by atoms with Crippen LogP contribution in [0.2, 0.25) is 0 Å². The average molecular weight is 312 g/mol. The molecular weight excluding hydrogens is 288 g/mol. The van der Waals surface area contributed by atoms with Crippen molar-refractivity contribution in [3.63, 3.8) is 0 Å². The zero-order valence-corrected chi connectivity index (χ0v) is 14.5. The number of aryl methyl sites for hydroxylation is 1. The van der Waals surface area contributed by atoms with Crippen LogP contribution in [0.1, 0.15) is 42.0 Å². The Kier molecular flexibility index (Phi) is 3.76. The number of fused-ring (bicyclic) bond motifs is 1. The molecule has 0 N–H and O–H groups in total. The van der Waals surface area contributed by atoms with E-state index in [0.29, 0.717) is 5.92 Å². The van der Waals surface area contributed by atoms with E-state index in [1.165, 1.54) is 27.8 Å². The second-order valence-electron chi connectivity index (χ2n) is 6.98. The SMILES string of the molecule is C/C=C1\CC(c2ccccc2C)(C2C=CC=CC2)c2ccccc21. The molecule has 0 spiro atoms. The van der Waals surface area contributed by atoms with Crippen LogP contribution in [0.5, 0.6) is 0 Å². The molecule has 2 unspecified atom stereocenters. The smallest absolute Gasteiger partial charge is 0.0317 e. The van der Waals surface area contributed by atoms with Gasteiger partial charge in [0.2, 0.25) is 0 Å². The first kappa shape index (κ1) is 15.2. The predicted octanol–water partition coefficient (Wildman–Crippen LogP) is 6.22. The number of hydrogen-bond donors (Lipinski definition) is 0. The molecule has 24 heavy (non-hydrogen) atoms. The lowest BCUT2D eigenvalue weighted by atomic mass is 9.63. The third-order valence-corrected chi connectivity index (χ3v) is 5.81. The molecule has 0 fully saturated rings. The van der Waals surface area contributed by atoms with E-state index in [0.717, 1.165) is 12.8 Å². The lowest BCUT2D eigenvalue weighted by Gasteiger charge is -2.39. The Morgan fingerprint density at radius 1 is 0.958 bits per heavy atom. The average Bonchev–Trinajstić information content (AvgIpc) is 2.98. The summed E-state index contributed by atoms with van der Waals surface area (Å²) in [6.07, 6.45) is 13.7. The molecule has 0 aromatic heterocycles. The monoisotopic (exact) mass is 312 g/mol. The molecule has 0 saturated heterocycles. The first-order valence-electron chi connectivity index (χ1n) is 8.92. The van der Waals surface area contributed by atoms with E-state index in [1.54, 1.807) is 0 Å². The van der Waals surface area contributed by atoms with Gasteiger partial charge in [-0.2, -0.15) is 0 Å². The summed E-state index contributed by atoms with van der Waals surface area (Å²) in [5.41, 5.74) is 7.35. The molecule has 0 heterocycles. The predicted molar refractivity (Wildman–Crippen MR) is 103 cm³/mol. The van der Waals surface area contributed by atoms with Crippen LogP contribution < -0.4 is 0 Å². The first-order valence-corrected chi connectivity index (χ1v) is 8.92. The van der Waals surface area contributed by atoms with Crippen molar-refractivity contribution >= 4 is 5.57 Å². The summed E-state index contributed by atoms with van der Waals surface area (Å²) < 4.78 is 0. The minimum atomic E-state index is 0.0467. The molecule has 0 heteroatoms. The van der Waals surface area contributed by atoms with Gasteiger partial charge >= 0.3 is 0 Å². The molecule has 0 aliphatic heterocycles. The van der Waals surface area contributed by atoms with E-state index in [-0.39, 0.29) is 5.41 Å². The fourth-order valence-electron chi connectivity index (χ4n) is 4.69. The van der Waals surface area contributed by atoms with Gasteiger partial charge in [0.05, 0.1) is 0 Å². The van der Waals surface area contributed by atoms with Crippen molar-refractivity contribution in [1.82, 2.24) is 0 Å². The number of benzene rings is 2. The lowest BCUT2D eigenvalue weighted by molar-refractivity contribution is 0.398. The lowest BCUT2D eigenvalue weighted by Crippen LogP contribution is -2.34. The molecule has 2 aromatic carbocycles. The van der Waals surface area contributed by atoms with Gasteiger partial charge in [0.15, 0.2) is 0 Å². The van der Waals surface area contributed by atoms with Gasteiger partial charge in [-0.3, -0.25) is 0 Å². The van der Waals surface area contributed by atoms with Crippen molar-refractivity contribution in [1.29, 1.82) is 0 Å². The van der Waals surface area contributed by atoms with Gasteiger partial charge in [-0.1, -0.05) is 78.9 Å². The van der Waals surface area contributed by atoms with E-state index >= 15 is 0 Å². The van der Waals surface area contributed by atoms with Crippen LogP contribution >= 0.6 is 0 Å². The van der Waals surface area contributed by atoms with Crippen molar-refractivity contribution in [3.8, 4) is 0 Å². The van der Waals surface area contributed by atoms with Crippen molar-refractivity contribution < 1.29 is 0 Å². The van der Waals surface area contributed by atoms with Gasteiger partial charge in [-0.15, -0.1) is 0 Å². The third kappa shape index (κ3) is 2.13. The van der Waals surface area contributed by atoms with Gasteiger partial charge < -0.3 is 0 Å². The summed E-state index contributed by atoms with van der Waals surface area (Å²) in [5.74, 6) is 0.502. The topological polar surface area (TPSA) is 0 Å². The van der Waals surface area contributed by atoms with Crippen molar-refractivity contribution in [2.75, 3.05) is 0 Å². The van der Waals surface area contributed by atoms with Crippen molar-refractivity contribution in [3.05, 3.63) is 101 Å². The normalized spacial score (nSPS) is 26.8. The Balaban J connectivity index is 2.02. The Morgan fingerprint density at radius 2 is 1.71 bits per heavy atom. The minimum absolute atomic E-state index is 0.0467. The second kappa shape index (κ2) is 5.94. The summed E-state index contributed by atoms with van der Waals surface area (Å²) in [6.45, 7) is 4.44.